The van der Waals surface area contributed by atoms with Crippen LogP contribution in [0.5, 0.6) is 0 Å². The molecule has 0 saturated heterocycles. The normalized spacial score (nSPS) is 12.4. The van der Waals surface area contributed by atoms with Crippen LogP contribution in [0.1, 0.15) is 5.56 Å². The Morgan fingerprint density at radius 2 is 2.08 bits per heavy atom. The number of hydrogen-bond acceptors (Lipinski definition) is 2. The fourth-order valence-electron chi connectivity index (χ4n) is 1.07. The molecule has 1 rings (SSSR count). The van der Waals surface area contributed by atoms with Crippen molar-refractivity contribution in [1.82, 2.24) is 5.09 Å². The average Bonchev–Trinajstić information content (AvgIpc) is 2.15. The van der Waals surface area contributed by atoms with Crippen molar-refractivity contribution >= 4 is 15.4 Å². The number of carboxylic acid groups (broad SMARTS) is 1. The van der Waals surface area contributed by atoms with Crippen LogP contribution in [0.2, 0.25) is 0 Å². The number of hydrogen-bond donors (Lipinski definition) is 2. The minimum Gasteiger partial charge on any atom is -0.480 e. The molecule has 2 atom stereocenters. The second-order valence-corrected chi connectivity index (χ2v) is 3.08. The topological polar surface area (TPSA) is 49.3 Å². The van der Waals surface area contributed by atoms with Gasteiger partial charge in [-0.2, -0.15) is 0 Å². The quantitative estimate of drug-likeness (QED) is 0.709. The molecule has 0 aromatic heterocycles. The first-order valence-corrected chi connectivity index (χ1v) is 4.54. The van der Waals surface area contributed by atoms with Crippen molar-refractivity contribution in [3.8, 4) is 0 Å². The van der Waals surface area contributed by atoms with E-state index in [1.165, 1.54) is 0 Å². The fourth-order valence-corrected chi connectivity index (χ4v) is 1.33. The smallest absolute Gasteiger partial charge is 0.321 e. The van der Waals surface area contributed by atoms with Crippen molar-refractivity contribution in [2.75, 3.05) is 0 Å². The third-order valence-electron chi connectivity index (χ3n) is 1.78. The standard InChI is InChI=1S/C9H12NO2P/c11-9(12)8(10-13)6-7-4-2-1-3-5-7/h1-5,8,10H,6,13H2,(H,11,12). The van der Waals surface area contributed by atoms with Gasteiger partial charge in [0.2, 0.25) is 0 Å². The maximum Gasteiger partial charge on any atom is 0.321 e. The predicted molar refractivity (Wildman–Crippen MR) is 54.4 cm³/mol. The molecular weight excluding hydrogens is 185 g/mol. The number of rotatable bonds is 4. The van der Waals surface area contributed by atoms with Crippen LogP contribution < -0.4 is 5.09 Å². The molecule has 0 saturated carbocycles. The summed E-state index contributed by atoms with van der Waals surface area (Å²) in [6.45, 7) is 0. The maximum atomic E-state index is 10.7. The van der Waals surface area contributed by atoms with Crippen molar-refractivity contribution in [2.45, 2.75) is 12.5 Å². The number of aliphatic carboxylic acids is 1. The van der Waals surface area contributed by atoms with E-state index in [-0.39, 0.29) is 0 Å². The summed E-state index contributed by atoms with van der Waals surface area (Å²) < 4.78 is 0. The molecule has 3 nitrogen and oxygen atoms in total. The molecule has 1 aromatic rings. The minimum atomic E-state index is -0.834. The molecular formula is C9H12NO2P. The number of nitrogens with one attached hydrogen (secondary N) is 1. The molecule has 0 bridgehead atoms. The van der Waals surface area contributed by atoms with E-state index in [1.54, 1.807) is 0 Å². The maximum absolute atomic E-state index is 10.7. The van der Waals surface area contributed by atoms with Gasteiger partial charge in [-0.05, 0) is 12.0 Å². The predicted octanol–water partition coefficient (Wildman–Crippen LogP) is 1.06. The average molecular weight is 197 g/mol. The summed E-state index contributed by atoms with van der Waals surface area (Å²) in [7, 11) is 2.23. The van der Waals surface area contributed by atoms with E-state index in [1.807, 2.05) is 30.3 Å². The molecule has 13 heavy (non-hydrogen) atoms. The molecule has 1 aromatic carbocycles. The zero-order chi connectivity index (χ0) is 9.68. The van der Waals surface area contributed by atoms with E-state index >= 15 is 0 Å². The first-order chi connectivity index (χ1) is 6.24. The van der Waals surface area contributed by atoms with Crippen molar-refractivity contribution in [2.24, 2.45) is 0 Å². The first kappa shape index (κ1) is 10.2. The summed E-state index contributed by atoms with van der Waals surface area (Å²) >= 11 is 0. The Kier molecular flexibility index (Phi) is 3.87. The van der Waals surface area contributed by atoms with Gasteiger partial charge >= 0.3 is 5.97 Å². The highest BCUT2D eigenvalue weighted by Crippen LogP contribution is 2.03. The molecule has 0 aliphatic carbocycles. The van der Waals surface area contributed by atoms with Gasteiger partial charge in [0.1, 0.15) is 6.04 Å². The van der Waals surface area contributed by atoms with E-state index in [2.05, 4.69) is 14.5 Å². The Morgan fingerprint density at radius 1 is 1.46 bits per heavy atom. The van der Waals surface area contributed by atoms with Crippen molar-refractivity contribution < 1.29 is 9.90 Å². The van der Waals surface area contributed by atoms with Crippen molar-refractivity contribution in [3.05, 3.63) is 35.9 Å². The van der Waals surface area contributed by atoms with Crippen LogP contribution in [-0.2, 0) is 11.2 Å². The third kappa shape index (κ3) is 3.13. The highest BCUT2D eigenvalue weighted by atomic mass is 31.0. The van der Waals surface area contributed by atoms with Gasteiger partial charge in [-0.1, -0.05) is 39.7 Å². The fraction of sp³-hybridized carbons (Fsp3) is 0.222. The largest absolute Gasteiger partial charge is 0.480 e. The molecule has 0 aliphatic rings. The van der Waals surface area contributed by atoms with E-state index in [0.29, 0.717) is 6.42 Å². The van der Waals surface area contributed by atoms with Gasteiger partial charge in [-0.25, -0.2) is 0 Å². The van der Waals surface area contributed by atoms with Crippen LogP contribution in [-0.4, -0.2) is 17.1 Å². The number of carboxylic acids is 1. The molecule has 4 heteroatoms. The third-order valence-corrected chi connectivity index (χ3v) is 2.18. The van der Waals surface area contributed by atoms with Crippen LogP contribution in [0.4, 0.5) is 0 Å². The molecule has 70 valence electrons. The minimum absolute atomic E-state index is 0.500. The monoisotopic (exact) mass is 197 g/mol. The molecule has 2 N–H and O–H groups in total. The lowest BCUT2D eigenvalue weighted by Gasteiger charge is -2.10. The van der Waals surface area contributed by atoms with Crippen molar-refractivity contribution in [1.29, 1.82) is 0 Å². The Labute approximate surface area is 79.4 Å². The lowest BCUT2D eigenvalue weighted by Crippen LogP contribution is -2.32. The van der Waals surface area contributed by atoms with Crippen molar-refractivity contribution in [3.63, 3.8) is 0 Å². The Morgan fingerprint density at radius 3 is 2.54 bits per heavy atom. The van der Waals surface area contributed by atoms with Gasteiger partial charge in [-0.15, -0.1) is 0 Å². The lowest BCUT2D eigenvalue weighted by molar-refractivity contribution is -0.138. The Hall–Kier alpha value is -0.920. The SMILES string of the molecule is O=C(O)C(Cc1ccccc1)NP. The molecule has 0 aliphatic heterocycles. The number of carbonyl (C=O) groups is 1. The van der Waals surface area contributed by atoms with Crippen LogP contribution in [0.15, 0.2) is 30.3 Å². The Balaban J connectivity index is 2.62. The molecule has 0 amide bonds. The summed E-state index contributed by atoms with van der Waals surface area (Å²) in [5.74, 6) is -0.834. The van der Waals surface area contributed by atoms with Gasteiger partial charge in [0, 0.05) is 0 Å². The second kappa shape index (κ2) is 4.95. The molecule has 2 unspecified atom stereocenters. The molecule has 0 heterocycles. The molecule has 0 fully saturated rings. The van der Waals surface area contributed by atoms with Gasteiger partial charge in [0.15, 0.2) is 0 Å². The highest BCUT2D eigenvalue weighted by molar-refractivity contribution is 7.13. The van der Waals surface area contributed by atoms with Crippen LogP contribution in [0, 0.1) is 0 Å². The lowest BCUT2D eigenvalue weighted by atomic mass is 10.1. The van der Waals surface area contributed by atoms with Crippen LogP contribution in [0.25, 0.3) is 0 Å². The van der Waals surface area contributed by atoms with E-state index in [4.69, 9.17) is 5.11 Å². The van der Waals surface area contributed by atoms with Gasteiger partial charge < -0.3 is 5.11 Å². The molecule has 0 spiro atoms. The van der Waals surface area contributed by atoms with Gasteiger partial charge in [-0.3, -0.25) is 9.88 Å². The highest BCUT2D eigenvalue weighted by Gasteiger charge is 2.14. The number of benzene rings is 1. The zero-order valence-corrected chi connectivity index (χ0v) is 8.26. The summed E-state index contributed by atoms with van der Waals surface area (Å²) in [5, 5.41) is 11.4. The molecule has 0 radical (unpaired) electrons. The summed E-state index contributed by atoms with van der Waals surface area (Å²) in [6, 6.07) is 9.00. The van der Waals surface area contributed by atoms with Gasteiger partial charge in [0.25, 0.3) is 0 Å². The second-order valence-electron chi connectivity index (χ2n) is 2.75. The summed E-state index contributed by atoms with van der Waals surface area (Å²) in [6.07, 6.45) is 0.500. The van der Waals surface area contributed by atoms with E-state index in [9.17, 15) is 4.79 Å². The summed E-state index contributed by atoms with van der Waals surface area (Å²) in [4.78, 5) is 10.7. The van der Waals surface area contributed by atoms with E-state index in [0.717, 1.165) is 5.56 Å². The first-order valence-electron chi connectivity index (χ1n) is 3.97. The van der Waals surface area contributed by atoms with Gasteiger partial charge in [0.05, 0.1) is 0 Å². The zero-order valence-electron chi connectivity index (χ0n) is 7.10. The Bertz CT molecular complexity index is 276. The van der Waals surface area contributed by atoms with E-state index < -0.39 is 12.0 Å². The van der Waals surface area contributed by atoms with Crippen LogP contribution in [0.3, 0.4) is 0 Å². The summed E-state index contributed by atoms with van der Waals surface area (Å²) in [5.41, 5.74) is 1.02. The van der Waals surface area contributed by atoms with Crippen LogP contribution >= 0.6 is 9.39 Å².